The summed E-state index contributed by atoms with van der Waals surface area (Å²) in [4.78, 5) is 12.5. The highest BCUT2D eigenvalue weighted by Crippen LogP contribution is 2.28. The Kier molecular flexibility index (Phi) is 6.40. The predicted molar refractivity (Wildman–Crippen MR) is 109 cm³/mol. The number of aryl methyl sites for hydroxylation is 1. The summed E-state index contributed by atoms with van der Waals surface area (Å²) < 4.78 is 34.1. The average molecular weight is 438 g/mol. The maximum atomic E-state index is 13.0. The third-order valence-electron chi connectivity index (χ3n) is 4.77. The molecule has 0 saturated carbocycles. The average Bonchev–Trinajstić information content (AvgIpc) is 3.13. The van der Waals surface area contributed by atoms with Crippen LogP contribution >= 0.6 is 11.6 Å². The number of amides is 1. The van der Waals surface area contributed by atoms with Crippen LogP contribution in [0.2, 0.25) is 5.02 Å². The number of alkyl halides is 2. The van der Waals surface area contributed by atoms with Crippen LogP contribution in [-0.2, 0) is 17.9 Å². The van der Waals surface area contributed by atoms with Gasteiger partial charge < -0.3 is 10.1 Å². The summed E-state index contributed by atoms with van der Waals surface area (Å²) in [5, 5.41) is 10.9. The predicted octanol–water partition coefficient (Wildman–Crippen LogP) is 4.29. The number of nitrogens with zero attached hydrogens (tertiary/aromatic N) is 4. The van der Waals surface area contributed by atoms with Gasteiger partial charge in [0.2, 0.25) is 5.91 Å². The first-order chi connectivity index (χ1) is 14.2. The number of rotatable bonds is 7. The minimum absolute atomic E-state index is 0.128. The van der Waals surface area contributed by atoms with Crippen LogP contribution in [0, 0.1) is 20.8 Å². The van der Waals surface area contributed by atoms with Gasteiger partial charge in [-0.15, -0.1) is 0 Å². The SMILES string of the molecule is COc1cccc(Cn2nc(C)c(NC(=O)Cn3nc(C(F)F)c(Cl)c3C)c2C)c1. The van der Waals surface area contributed by atoms with Crippen molar-refractivity contribution in [1.29, 1.82) is 0 Å². The summed E-state index contributed by atoms with van der Waals surface area (Å²) in [6, 6.07) is 7.63. The topological polar surface area (TPSA) is 74.0 Å². The molecular formula is C20H22ClF2N5O2. The molecule has 0 radical (unpaired) electrons. The maximum absolute atomic E-state index is 13.0. The van der Waals surface area contributed by atoms with Crippen molar-refractivity contribution in [3.05, 3.63) is 57.6 Å². The van der Waals surface area contributed by atoms with E-state index in [1.54, 1.807) is 18.7 Å². The molecule has 0 spiro atoms. The number of benzene rings is 1. The summed E-state index contributed by atoms with van der Waals surface area (Å²) in [5.41, 5.74) is 2.77. The zero-order valence-corrected chi connectivity index (χ0v) is 17.8. The number of anilines is 1. The summed E-state index contributed by atoms with van der Waals surface area (Å²) in [6.45, 7) is 5.44. The summed E-state index contributed by atoms with van der Waals surface area (Å²) >= 11 is 5.89. The highest BCUT2D eigenvalue weighted by Gasteiger charge is 2.22. The Labute approximate surface area is 177 Å². The smallest absolute Gasteiger partial charge is 0.283 e. The molecule has 7 nitrogen and oxygen atoms in total. The van der Waals surface area contributed by atoms with Crippen molar-refractivity contribution in [2.24, 2.45) is 0 Å². The Morgan fingerprint density at radius 2 is 1.93 bits per heavy atom. The zero-order chi connectivity index (χ0) is 22.0. The van der Waals surface area contributed by atoms with E-state index in [0.717, 1.165) is 17.0 Å². The molecule has 0 bridgehead atoms. The molecule has 0 aliphatic rings. The van der Waals surface area contributed by atoms with Gasteiger partial charge in [-0.1, -0.05) is 23.7 Å². The Morgan fingerprint density at radius 1 is 1.20 bits per heavy atom. The lowest BCUT2D eigenvalue weighted by molar-refractivity contribution is -0.117. The molecular weight excluding hydrogens is 416 g/mol. The fourth-order valence-electron chi connectivity index (χ4n) is 3.13. The van der Waals surface area contributed by atoms with Gasteiger partial charge in [0.1, 0.15) is 18.0 Å². The van der Waals surface area contributed by atoms with Crippen LogP contribution < -0.4 is 10.1 Å². The summed E-state index contributed by atoms with van der Waals surface area (Å²) in [7, 11) is 1.61. The largest absolute Gasteiger partial charge is 0.497 e. The minimum Gasteiger partial charge on any atom is -0.497 e. The van der Waals surface area contributed by atoms with Crippen molar-refractivity contribution >= 4 is 23.2 Å². The van der Waals surface area contributed by atoms with Gasteiger partial charge >= 0.3 is 0 Å². The maximum Gasteiger partial charge on any atom is 0.283 e. The van der Waals surface area contributed by atoms with Gasteiger partial charge in [0.15, 0.2) is 0 Å². The van der Waals surface area contributed by atoms with Gasteiger partial charge in [-0.25, -0.2) is 8.78 Å². The van der Waals surface area contributed by atoms with E-state index in [4.69, 9.17) is 16.3 Å². The van der Waals surface area contributed by atoms with E-state index in [1.165, 1.54) is 11.6 Å². The second-order valence-electron chi connectivity index (χ2n) is 6.85. The fraction of sp³-hybridized carbons (Fsp3) is 0.350. The van der Waals surface area contributed by atoms with Crippen molar-refractivity contribution in [3.8, 4) is 5.75 Å². The number of hydrogen-bond donors (Lipinski definition) is 1. The van der Waals surface area contributed by atoms with E-state index in [2.05, 4.69) is 15.5 Å². The van der Waals surface area contributed by atoms with Crippen LogP contribution in [0.15, 0.2) is 24.3 Å². The highest BCUT2D eigenvalue weighted by atomic mass is 35.5. The highest BCUT2D eigenvalue weighted by molar-refractivity contribution is 6.31. The van der Waals surface area contributed by atoms with Crippen molar-refractivity contribution in [2.75, 3.05) is 12.4 Å². The molecule has 0 fully saturated rings. The number of carbonyl (C=O) groups is 1. The Morgan fingerprint density at radius 3 is 2.57 bits per heavy atom. The molecule has 1 amide bonds. The molecule has 3 aromatic rings. The van der Waals surface area contributed by atoms with Crippen LogP contribution in [0.3, 0.4) is 0 Å². The molecule has 2 heterocycles. The van der Waals surface area contributed by atoms with Gasteiger partial charge in [-0.3, -0.25) is 14.2 Å². The number of methoxy groups -OCH3 is 1. The summed E-state index contributed by atoms with van der Waals surface area (Å²) in [6.07, 6.45) is -2.81. The zero-order valence-electron chi connectivity index (χ0n) is 17.0. The van der Waals surface area contributed by atoms with Crippen molar-refractivity contribution < 1.29 is 18.3 Å². The van der Waals surface area contributed by atoms with Crippen molar-refractivity contribution in [1.82, 2.24) is 19.6 Å². The summed E-state index contributed by atoms with van der Waals surface area (Å²) in [5.74, 6) is 0.337. The standard InChI is InChI=1S/C20H22ClF2N5O2/c1-11-18(13(3)27(25-11)9-14-6-5-7-15(8-14)30-4)24-16(29)10-28-12(2)17(21)19(26-28)20(22)23/h5-8,20H,9-10H2,1-4H3,(H,24,29). The molecule has 1 aromatic carbocycles. The molecule has 0 unspecified atom stereocenters. The lowest BCUT2D eigenvalue weighted by Crippen LogP contribution is -2.21. The van der Waals surface area contributed by atoms with Crippen molar-refractivity contribution in [2.45, 2.75) is 40.3 Å². The quantitative estimate of drug-likeness (QED) is 0.598. The minimum atomic E-state index is -2.81. The number of nitrogens with one attached hydrogen (secondary N) is 1. The molecule has 0 aliphatic carbocycles. The first-order valence-corrected chi connectivity index (χ1v) is 9.56. The number of hydrogen-bond acceptors (Lipinski definition) is 4. The van der Waals surface area contributed by atoms with Gasteiger partial charge in [-0.2, -0.15) is 10.2 Å². The fourth-order valence-corrected chi connectivity index (χ4v) is 3.35. The number of ether oxygens (including phenoxy) is 1. The van der Waals surface area contributed by atoms with Gasteiger partial charge in [0.05, 0.1) is 41.4 Å². The first kappa shape index (κ1) is 21.8. The number of halogens is 3. The van der Waals surface area contributed by atoms with Gasteiger partial charge in [-0.05, 0) is 38.5 Å². The Hall–Kier alpha value is -2.94. The normalized spacial score (nSPS) is 11.2. The molecule has 0 atom stereocenters. The van der Waals surface area contributed by atoms with Gasteiger partial charge in [0, 0.05) is 0 Å². The monoisotopic (exact) mass is 437 g/mol. The first-order valence-electron chi connectivity index (χ1n) is 9.19. The van der Waals surface area contributed by atoms with E-state index in [1.807, 2.05) is 31.2 Å². The van der Waals surface area contributed by atoms with Crippen LogP contribution in [0.4, 0.5) is 14.5 Å². The number of aromatic nitrogens is 4. The van der Waals surface area contributed by atoms with Crippen LogP contribution in [0.1, 0.15) is 34.8 Å². The van der Waals surface area contributed by atoms with Crippen molar-refractivity contribution in [3.63, 3.8) is 0 Å². The van der Waals surface area contributed by atoms with E-state index < -0.39 is 18.0 Å². The molecule has 30 heavy (non-hydrogen) atoms. The van der Waals surface area contributed by atoms with E-state index >= 15 is 0 Å². The molecule has 2 aromatic heterocycles. The Bertz CT molecular complexity index is 1080. The molecule has 1 N–H and O–H groups in total. The van der Waals surface area contributed by atoms with Crippen LogP contribution in [0.5, 0.6) is 5.75 Å². The Balaban J connectivity index is 1.76. The third kappa shape index (κ3) is 4.46. The van der Waals surface area contributed by atoms with E-state index in [0.29, 0.717) is 23.6 Å². The third-order valence-corrected chi connectivity index (χ3v) is 5.24. The lowest BCUT2D eigenvalue weighted by Gasteiger charge is -2.09. The van der Waals surface area contributed by atoms with Crippen LogP contribution in [0.25, 0.3) is 0 Å². The second-order valence-corrected chi connectivity index (χ2v) is 7.22. The van der Waals surface area contributed by atoms with E-state index in [9.17, 15) is 13.6 Å². The molecule has 0 saturated heterocycles. The number of carbonyl (C=O) groups excluding carboxylic acids is 1. The molecule has 10 heteroatoms. The molecule has 160 valence electrons. The molecule has 0 aliphatic heterocycles. The lowest BCUT2D eigenvalue weighted by atomic mass is 10.2. The van der Waals surface area contributed by atoms with E-state index in [-0.39, 0.29) is 11.6 Å². The molecule has 3 rings (SSSR count). The van der Waals surface area contributed by atoms with Gasteiger partial charge in [0.25, 0.3) is 6.43 Å². The van der Waals surface area contributed by atoms with Crippen LogP contribution in [-0.4, -0.2) is 32.6 Å². The second kappa shape index (κ2) is 8.83.